The largest absolute Gasteiger partial charge is 0.318 e. The van der Waals surface area contributed by atoms with E-state index in [9.17, 15) is 4.79 Å². The molecule has 0 spiro atoms. The monoisotopic (exact) mass is 374 g/mol. The fourth-order valence-electron chi connectivity index (χ4n) is 2.29. The molecule has 1 N–H and O–H groups in total. The lowest BCUT2D eigenvalue weighted by Crippen LogP contribution is -2.21. The van der Waals surface area contributed by atoms with Crippen LogP contribution in [0.4, 0.5) is 10.8 Å². The van der Waals surface area contributed by atoms with Gasteiger partial charge in [-0.2, -0.15) is 5.26 Å². The topological polar surface area (TPSA) is 69.0 Å². The van der Waals surface area contributed by atoms with Gasteiger partial charge in [0, 0.05) is 23.4 Å². The molecule has 7 heteroatoms. The van der Waals surface area contributed by atoms with Crippen LogP contribution in [0.2, 0.25) is 0 Å². The summed E-state index contributed by atoms with van der Waals surface area (Å²) >= 11 is 2.78. The van der Waals surface area contributed by atoms with Crippen LogP contribution in [0.1, 0.15) is 41.2 Å². The molecule has 0 aliphatic carbocycles. The van der Waals surface area contributed by atoms with Crippen molar-refractivity contribution in [1.82, 2.24) is 9.71 Å². The lowest BCUT2D eigenvalue weighted by atomic mass is 10.1. The average Bonchev–Trinajstić information content (AvgIpc) is 2.97. The molecule has 0 atom stereocenters. The van der Waals surface area contributed by atoms with Gasteiger partial charge in [-0.25, -0.2) is 4.98 Å². The molecule has 25 heavy (non-hydrogen) atoms. The Bertz CT molecular complexity index is 762. The molecular weight excluding hydrogens is 352 g/mol. The van der Waals surface area contributed by atoms with Crippen LogP contribution in [-0.2, 0) is 0 Å². The fourth-order valence-corrected chi connectivity index (χ4v) is 3.52. The number of aryl methyl sites for hydroxylation is 1. The number of carbonyl (C=O) groups excluding carboxylic acids is 1. The molecule has 0 saturated heterocycles. The molecule has 1 aromatic carbocycles. The van der Waals surface area contributed by atoms with Crippen molar-refractivity contribution in [2.75, 3.05) is 17.7 Å². The third-order valence-electron chi connectivity index (χ3n) is 3.66. The second-order valence-corrected chi connectivity index (χ2v) is 7.82. The lowest BCUT2D eigenvalue weighted by molar-refractivity contribution is 0.0980. The van der Waals surface area contributed by atoms with E-state index < -0.39 is 0 Å². The molecule has 0 aliphatic heterocycles. The Morgan fingerprint density at radius 1 is 1.40 bits per heavy atom. The maximum Gasteiger partial charge on any atom is 0.280 e. The lowest BCUT2D eigenvalue weighted by Gasteiger charge is -2.23. The van der Waals surface area contributed by atoms with E-state index in [4.69, 9.17) is 5.26 Å². The summed E-state index contributed by atoms with van der Waals surface area (Å²) in [6.07, 6.45) is 2.82. The molecule has 0 aliphatic rings. The number of carbonyl (C=O) groups is 1. The van der Waals surface area contributed by atoms with Gasteiger partial charge in [-0.15, -0.1) is 11.3 Å². The smallest absolute Gasteiger partial charge is 0.280 e. The highest BCUT2D eigenvalue weighted by molar-refractivity contribution is 7.97. The molecule has 1 heterocycles. The maximum atomic E-state index is 12.1. The Morgan fingerprint density at radius 2 is 2.08 bits per heavy atom. The summed E-state index contributed by atoms with van der Waals surface area (Å²) in [6.45, 7) is 7.08. The zero-order valence-electron chi connectivity index (χ0n) is 14.9. The van der Waals surface area contributed by atoms with E-state index in [0.29, 0.717) is 17.2 Å². The van der Waals surface area contributed by atoms with Gasteiger partial charge in [-0.1, -0.05) is 25.8 Å². The van der Waals surface area contributed by atoms with Gasteiger partial charge in [0.2, 0.25) is 0 Å². The summed E-state index contributed by atoms with van der Waals surface area (Å²) in [5.41, 5.74) is 2.07. The van der Waals surface area contributed by atoms with Crippen LogP contribution in [0.5, 0.6) is 0 Å². The highest BCUT2D eigenvalue weighted by atomic mass is 32.2. The van der Waals surface area contributed by atoms with E-state index in [2.05, 4.69) is 34.5 Å². The molecule has 1 amide bonds. The molecular formula is C18H22N4OS2. The van der Waals surface area contributed by atoms with E-state index >= 15 is 0 Å². The standard InChI is InChI=1S/C18H22N4OS2/c1-12(2)9-10-22(15-7-5-14(11-19)6-8-15)18-20-16(13(3)25-18)17(23)21-24-4/h5-8,12H,9-10H2,1-4H3,(H,21,23). The quantitative estimate of drug-likeness (QED) is 0.722. The van der Waals surface area contributed by atoms with Crippen molar-refractivity contribution in [2.45, 2.75) is 27.2 Å². The SMILES string of the molecule is CSNC(=O)c1nc(N(CCC(C)C)c2ccc(C#N)cc2)sc1C. The molecule has 2 aromatic rings. The first-order valence-corrected chi connectivity index (χ1v) is 10.1. The first-order valence-electron chi connectivity index (χ1n) is 8.04. The first-order chi connectivity index (χ1) is 12.0. The number of nitriles is 1. The molecule has 2 rings (SSSR count). The number of thiazole rings is 1. The van der Waals surface area contributed by atoms with Crippen LogP contribution in [-0.4, -0.2) is 23.7 Å². The van der Waals surface area contributed by atoms with Crippen molar-refractivity contribution < 1.29 is 4.79 Å². The minimum atomic E-state index is -0.170. The molecule has 1 aromatic heterocycles. The highest BCUT2D eigenvalue weighted by Gasteiger charge is 2.20. The Hall–Kier alpha value is -2.04. The Morgan fingerprint density at radius 3 is 2.64 bits per heavy atom. The van der Waals surface area contributed by atoms with E-state index in [0.717, 1.165) is 28.7 Å². The fraction of sp³-hybridized carbons (Fsp3) is 0.389. The highest BCUT2D eigenvalue weighted by Crippen LogP contribution is 2.32. The molecule has 0 bridgehead atoms. The summed E-state index contributed by atoms with van der Waals surface area (Å²) in [4.78, 5) is 19.7. The maximum absolute atomic E-state index is 12.1. The number of hydrogen-bond donors (Lipinski definition) is 1. The Kier molecular flexibility index (Phi) is 6.85. The van der Waals surface area contributed by atoms with Crippen LogP contribution in [0.3, 0.4) is 0 Å². The number of rotatable bonds is 7. The van der Waals surface area contributed by atoms with Crippen molar-refractivity contribution >= 4 is 40.0 Å². The summed E-state index contributed by atoms with van der Waals surface area (Å²) < 4.78 is 2.73. The van der Waals surface area contributed by atoms with Gasteiger partial charge in [-0.05, 0) is 43.5 Å². The summed E-state index contributed by atoms with van der Waals surface area (Å²) in [5, 5.41) is 9.79. The number of anilines is 2. The van der Waals surface area contributed by atoms with E-state index in [1.807, 2.05) is 25.3 Å². The van der Waals surface area contributed by atoms with Gasteiger partial charge in [-0.3, -0.25) is 9.52 Å². The zero-order chi connectivity index (χ0) is 18.4. The van der Waals surface area contributed by atoms with Crippen LogP contribution < -0.4 is 9.62 Å². The Balaban J connectivity index is 2.36. The van der Waals surface area contributed by atoms with Crippen molar-refractivity contribution in [3.8, 4) is 6.07 Å². The van der Waals surface area contributed by atoms with Crippen LogP contribution in [0, 0.1) is 24.2 Å². The van der Waals surface area contributed by atoms with Gasteiger partial charge < -0.3 is 4.90 Å². The second kappa shape index (κ2) is 8.88. The van der Waals surface area contributed by atoms with Crippen molar-refractivity contribution in [3.63, 3.8) is 0 Å². The number of aromatic nitrogens is 1. The normalized spacial score (nSPS) is 10.6. The minimum absolute atomic E-state index is 0.170. The van der Waals surface area contributed by atoms with Crippen molar-refractivity contribution in [1.29, 1.82) is 5.26 Å². The second-order valence-electron chi connectivity index (χ2n) is 6.03. The third kappa shape index (κ3) is 4.97. The molecule has 0 unspecified atom stereocenters. The molecule has 0 saturated carbocycles. The Labute approximate surface area is 157 Å². The number of benzene rings is 1. The summed E-state index contributed by atoms with van der Waals surface area (Å²) in [5.74, 6) is 0.386. The van der Waals surface area contributed by atoms with Crippen molar-refractivity contribution in [2.24, 2.45) is 5.92 Å². The zero-order valence-corrected chi connectivity index (χ0v) is 16.5. The predicted molar refractivity (Wildman–Crippen MR) is 105 cm³/mol. The first kappa shape index (κ1) is 19.3. The van der Waals surface area contributed by atoms with Gasteiger partial charge >= 0.3 is 0 Å². The van der Waals surface area contributed by atoms with E-state index in [1.165, 1.54) is 23.3 Å². The van der Waals surface area contributed by atoms with E-state index in [-0.39, 0.29) is 5.91 Å². The average molecular weight is 375 g/mol. The molecule has 132 valence electrons. The molecule has 5 nitrogen and oxygen atoms in total. The molecule has 0 fully saturated rings. The van der Waals surface area contributed by atoms with Gasteiger partial charge in [0.15, 0.2) is 5.13 Å². The van der Waals surface area contributed by atoms with Crippen LogP contribution in [0.15, 0.2) is 24.3 Å². The summed E-state index contributed by atoms with van der Waals surface area (Å²) in [6, 6.07) is 9.60. The van der Waals surface area contributed by atoms with Gasteiger partial charge in [0.1, 0.15) is 5.69 Å². The predicted octanol–water partition coefficient (Wildman–Crippen LogP) is 4.52. The van der Waals surface area contributed by atoms with Gasteiger partial charge in [0.25, 0.3) is 5.91 Å². The van der Waals surface area contributed by atoms with Crippen LogP contribution >= 0.6 is 23.3 Å². The third-order valence-corrected chi connectivity index (χ3v) is 5.05. The van der Waals surface area contributed by atoms with Gasteiger partial charge in [0.05, 0.1) is 11.6 Å². The van der Waals surface area contributed by atoms with E-state index in [1.54, 1.807) is 12.1 Å². The number of hydrogen-bond acceptors (Lipinski definition) is 6. The van der Waals surface area contributed by atoms with Crippen molar-refractivity contribution in [3.05, 3.63) is 40.4 Å². The number of nitrogens with one attached hydrogen (secondary N) is 1. The van der Waals surface area contributed by atoms with Crippen LogP contribution in [0.25, 0.3) is 0 Å². The molecule has 0 radical (unpaired) electrons. The number of nitrogens with zero attached hydrogens (tertiary/aromatic N) is 3. The number of amides is 1. The minimum Gasteiger partial charge on any atom is -0.318 e. The summed E-state index contributed by atoms with van der Waals surface area (Å²) in [7, 11) is 0.